The van der Waals surface area contributed by atoms with Crippen LogP contribution in [-0.2, 0) is 14.4 Å². The van der Waals surface area contributed by atoms with E-state index in [4.69, 9.17) is 5.11 Å². The largest absolute Gasteiger partial charge is 0.481 e. The van der Waals surface area contributed by atoms with Crippen LogP contribution in [0.4, 0.5) is 0 Å². The van der Waals surface area contributed by atoms with Gasteiger partial charge in [-0.25, -0.2) is 0 Å². The number of nitrogens with one attached hydrogen (secondary N) is 2. The molecule has 0 heterocycles. The number of aliphatic carboxylic acids is 1. The zero-order valence-corrected chi connectivity index (χ0v) is 11.4. The maximum absolute atomic E-state index is 11.4. The third-order valence-electron chi connectivity index (χ3n) is 2.61. The van der Waals surface area contributed by atoms with Crippen molar-refractivity contribution in [2.45, 2.75) is 34.1 Å². The summed E-state index contributed by atoms with van der Waals surface area (Å²) in [6.45, 7) is 7.03. The summed E-state index contributed by atoms with van der Waals surface area (Å²) in [5, 5.41) is 14.0. The fraction of sp³-hybridized carbons (Fsp3) is 0.750. The van der Waals surface area contributed by atoms with Gasteiger partial charge >= 0.3 is 5.97 Å². The molecule has 0 aliphatic heterocycles. The average molecular weight is 258 g/mol. The smallest absolute Gasteiger partial charge is 0.308 e. The molecule has 1 atom stereocenters. The minimum absolute atomic E-state index is 0.0552. The first-order valence-electron chi connectivity index (χ1n) is 5.94. The van der Waals surface area contributed by atoms with Crippen LogP contribution in [0.15, 0.2) is 0 Å². The van der Waals surface area contributed by atoms with E-state index in [1.807, 2.05) is 0 Å². The molecule has 0 aliphatic rings. The van der Waals surface area contributed by atoms with E-state index in [9.17, 15) is 14.4 Å². The van der Waals surface area contributed by atoms with Crippen molar-refractivity contribution in [1.29, 1.82) is 0 Å². The molecule has 3 N–H and O–H groups in total. The monoisotopic (exact) mass is 258 g/mol. The molecule has 2 amide bonds. The van der Waals surface area contributed by atoms with Crippen molar-refractivity contribution in [2.24, 2.45) is 11.3 Å². The summed E-state index contributed by atoms with van der Waals surface area (Å²) in [4.78, 5) is 33.4. The highest BCUT2D eigenvalue weighted by molar-refractivity contribution is 5.84. The van der Waals surface area contributed by atoms with Crippen LogP contribution in [0.1, 0.15) is 34.1 Å². The van der Waals surface area contributed by atoms with Crippen molar-refractivity contribution in [3.8, 4) is 0 Å². The number of carbonyl (C=O) groups excluding carboxylic acids is 2. The van der Waals surface area contributed by atoms with E-state index >= 15 is 0 Å². The number of amides is 2. The van der Waals surface area contributed by atoms with Gasteiger partial charge in [-0.2, -0.15) is 0 Å². The summed E-state index contributed by atoms with van der Waals surface area (Å²) in [7, 11) is 0. The van der Waals surface area contributed by atoms with Crippen LogP contribution in [0.25, 0.3) is 0 Å². The second-order valence-corrected chi connectivity index (χ2v) is 5.19. The molecular formula is C12H22N2O4. The maximum atomic E-state index is 11.4. The minimum atomic E-state index is -0.944. The second-order valence-electron chi connectivity index (χ2n) is 5.19. The third kappa shape index (κ3) is 6.22. The van der Waals surface area contributed by atoms with Gasteiger partial charge in [-0.15, -0.1) is 0 Å². The number of hydrogen-bond acceptors (Lipinski definition) is 3. The van der Waals surface area contributed by atoms with Gasteiger partial charge in [-0.3, -0.25) is 14.4 Å². The number of carboxylic acids is 1. The average Bonchev–Trinajstić information content (AvgIpc) is 2.23. The van der Waals surface area contributed by atoms with Crippen molar-refractivity contribution in [3.63, 3.8) is 0 Å². The molecule has 0 radical (unpaired) electrons. The molecule has 18 heavy (non-hydrogen) atoms. The molecule has 0 bridgehead atoms. The molecule has 0 rings (SSSR count). The molecule has 0 spiro atoms. The number of hydrogen-bond donors (Lipinski definition) is 3. The van der Waals surface area contributed by atoms with Gasteiger partial charge in [0, 0.05) is 13.0 Å². The van der Waals surface area contributed by atoms with E-state index in [0.717, 1.165) is 0 Å². The summed E-state index contributed by atoms with van der Waals surface area (Å²) in [6.07, 6.45) is 0.313. The first-order valence-corrected chi connectivity index (χ1v) is 5.94. The number of carboxylic acid groups (broad SMARTS) is 1. The third-order valence-corrected chi connectivity index (χ3v) is 2.61. The standard InChI is InChI=1S/C12H22N2O4/c1-5-9(15)14-7-10(16)13-6-8(11(17)18)12(2,3)4/h8H,5-7H2,1-4H3,(H,13,16)(H,14,15)(H,17,18). The van der Waals surface area contributed by atoms with E-state index in [1.165, 1.54) is 0 Å². The Kier molecular flexibility index (Phi) is 6.36. The van der Waals surface area contributed by atoms with Crippen molar-refractivity contribution < 1.29 is 19.5 Å². The summed E-state index contributed by atoms with van der Waals surface area (Å²) >= 11 is 0. The Morgan fingerprint density at radius 2 is 1.67 bits per heavy atom. The van der Waals surface area contributed by atoms with Gasteiger partial charge in [0.1, 0.15) is 0 Å². The van der Waals surface area contributed by atoms with Gasteiger partial charge in [0.25, 0.3) is 0 Å². The lowest BCUT2D eigenvalue weighted by Gasteiger charge is -2.27. The SMILES string of the molecule is CCC(=O)NCC(=O)NCC(C(=O)O)C(C)(C)C. The Hall–Kier alpha value is -1.59. The summed E-state index contributed by atoms with van der Waals surface area (Å²) in [5.74, 6) is -2.20. The van der Waals surface area contributed by atoms with Crippen molar-refractivity contribution in [3.05, 3.63) is 0 Å². The molecule has 0 fully saturated rings. The van der Waals surface area contributed by atoms with E-state index in [0.29, 0.717) is 6.42 Å². The molecule has 0 saturated carbocycles. The molecule has 0 aromatic carbocycles. The Labute approximate surface area is 107 Å². The quantitative estimate of drug-likeness (QED) is 0.641. The zero-order chi connectivity index (χ0) is 14.3. The maximum Gasteiger partial charge on any atom is 0.308 e. The van der Waals surface area contributed by atoms with Gasteiger partial charge in [-0.1, -0.05) is 27.7 Å². The van der Waals surface area contributed by atoms with Crippen LogP contribution in [0, 0.1) is 11.3 Å². The lowest BCUT2D eigenvalue weighted by atomic mass is 9.81. The van der Waals surface area contributed by atoms with Crippen LogP contribution in [0.3, 0.4) is 0 Å². The van der Waals surface area contributed by atoms with E-state index in [2.05, 4.69) is 10.6 Å². The molecule has 6 heteroatoms. The van der Waals surface area contributed by atoms with Gasteiger partial charge in [0.05, 0.1) is 12.5 Å². The van der Waals surface area contributed by atoms with Gasteiger partial charge in [0.15, 0.2) is 0 Å². The molecule has 0 aromatic rings. The van der Waals surface area contributed by atoms with Gasteiger partial charge < -0.3 is 15.7 Å². The summed E-state index contributed by atoms with van der Waals surface area (Å²) in [5.41, 5.74) is -0.439. The fourth-order valence-corrected chi connectivity index (χ4v) is 1.35. The summed E-state index contributed by atoms with van der Waals surface area (Å²) in [6, 6.07) is 0. The normalized spacial score (nSPS) is 12.7. The highest BCUT2D eigenvalue weighted by Crippen LogP contribution is 2.25. The lowest BCUT2D eigenvalue weighted by molar-refractivity contribution is -0.145. The molecule has 6 nitrogen and oxygen atoms in total. The topological polar surface area (TPSA) is 95.5 Å². The Bertz CT molecular complexity index is 321. The number of rotatable bonds is 6. The first kappa shape index (κ1) is 16.4. The first-order chi connectivity index (χ1) is 8.18. The van der Waals surface area contributed by atoms with Gasteiger partial charge in [-0.05, 0) is 5.41 Å². The van der Waals surface area contributed by atoms with E-state index in [1.54, 1.807) is 27.7 Å². The molecule has 1 unspecified atom stereocenters. The molecular weight excluding hydrogens is 236 g/mol. The fourth-order valence-electron chi connectivity index (χ4n) is 1.35. The Morgan fingerprint density at radius 3 is 2.06 bits per heavy atom. The van der Waals surface area contributed by atoms with Crippen LogP contribution in [0.2, 0.25) is 0 Å². The highest BCUT2D eigenvalue weighted by Gasteiger charge is 2.31. The Balaban J connectivity index is 4.17. The highest BCUT2D eigenvalue weighted by atomic mass is 16.4. The zero-order valence-electron chi connectivity index (χ0n) is 11.4. The molecule has 0 saturated heterocycles. The predicted octanol–water partition coefficient (Wildman–Crippen LogP) is 0.376. The van der Waals surface area contributed by atoms with E-state index < -0.39 is 17.3 Å². The lowest BCUT2D eigenvalue weighted by Crippen LogP contribution is -2.43. The summed E-state index contributed by atoms with van der Waals surface area (Å²) < 4.78 is 0. The molecule has 0 aliphatic carbocycles. The van der Waals surface area contributed by atoms with Crippen LogP contribution in [0.5, 0.6) is 0 Å². The van der Waals surface area contributed by atoms with Crippen LogP contribution < -0.4 is 10.6 Å². The van der Waals surface area contributed by atoms with Crippen LogP contribution >= 0.6 is 0 Å². The second kappa shape index (κ2) is 6.98. The van der Waals surface area contributed by atoms with Gasteiger partial charge in [0.2, 0.25) is 11.8 Å². The number of carbonyl (C=O) groups is 3. The van der Waals surface area contributed by atoms with Crippen molar-refractivity contribution >= 4 is 17.8 Å². The molecule has 104 valence electrons. The molecule has 0 aromatic heterocycles. The minimum Gasteiger partial charge on any atom is -0.481 e. The van der Waals surface area contributed by atoms with Crippen molar-refractivity contribution in [2.75, 3.05) is 13.1 Å². The van der Waals surface area contributed by atoms with Crippen molar-refractivity contribution in [1.82, 2.24) is 10.6 Å². The van der Waals surface area contributed by atoms with E-state index in [-0.39, 0.29) is 24.9 Å². The predicted molar refractivity (Wildman–Crippen MR) is 66.9 cm³/mol. The van der Waals surface area contributed by atoms with Crippen LogP contribution in [-0.4, -0.2) is 36.0 Å². The Morgan fingerprint density at radius 1 is 1.11 bits per heavy atom.